The predicted molar refractivity (Wildman–Crippen MR) is 233 cm³/mol. The van der Waals surface area contributed by atoms with Crippen LogP contribution in [0, 0.1) is 11.3 Å². The van der Waals surface area contributed by atoms with E-state index >= 15 is 0 Å². The summed E-state index contributed by atoms with van der Waals surface area (Å²) in [6.45, 7) is 6.49. The number of amides is 4. The van der Waals surface area contributed by atoms with Gasteiger partial charge in [0.25, 0.3) is 11.8 Å². The van der Waals surface area contributed by atoms with E-state index in [9.17, 15) is 44.2 Å². The lowest BCUT2D eigenvalue weighted by atomic mass is 10.1. The van der Waals surface area contributed by atoms with Crippen molar-refractivity contribution in [3.8, 4) is 11.8 Å². The molecule has 22 heteroatoms. The highest BCUT2D eigenvalue weighted by Crippen LogP contribution is 2.39. The van der Waals surface area contributed by atoms with Crippen LogP contribution in [0.2, 0.25) is 0 Å². The maximum Gasteiger partial charge on any atom is 0.317 e. The molecule has 6 N–H and O–H groups in total. The second-order valence-electron chi connectivity index (χ2n) is 16.1. The van der Waals surface area contributed by atoms with E-state index in [0.717, 1.165) is 6.42 Å². The molecule has 1 aromatic carbocycles. The third kappa shape index (κ3) is 17.1. The highest BCUT2D eigenvalue weighted by molar-refractivity contribution is 6.08. The van der Waals surface area contributed by atoms with E-state index in [0.29, 0.717) is 140 Å². The molecule has 2 saturated heterocycles. The van der Waals surface area contributed by atoms with E-state index in [2.05, 4.69) is 32.3 Å². The van der Waals surface area contributed by atoms with Crippen molar-refractivity contribution in [2.45, 2.75) is 37.3 Å². The Morgan fingerprint density at radius 2 is 1.35 bits per heavy atom. The minimum absolute atomic E-state index is 0.116. The molecule has 1 saturated carbocycles. The second kappa shape index (κ2) is 26.4. The van der Waals surface area contributed by atoms with Crippen LogP contribution in [0.3, 0.4) is 0 Å². The van der Waals surface area contributed by atoms with Crippen LogP contribution in [0.1, 0.15) is 36.0 Å². The molecule has 0 bridgehead atoms. The summed E-state index contributed by atoms with van der Waals surface area (Å²) < 4.78 is 22.3. The molecule has 3 fully saturated rings. The Morgan fingerprint density at radius 3 is 1.95 bits per heavy atom. The summed E-state index contributed by atoms with van der Waals surface area (Å²) in [4.78, 5) is 85.7. The smallest absolute Gasteiger partial charge is 0.317 e. The van der Waals surface area contributed by atoms with Crippen molar-refractivity contribution in [3.05, 3.63) is 36.0 Å². The van der Waals surface area contributed by atoms with Crippen LogP contribution < -0.4 is 26.0 Å². The average Bonchev–Trinajstić information content (AvgIpc) is 3.90. The van der Waals surface area contributed by atoms with Crippen molar-refractivity contribution >= 4 is 46.5 Å². The number of hydrogen-bond donors (Lipinski definition) is 6. The number of nitriles is 1. The summed E-state index contributed by atoms with van der Waals surface area (Å²) in [5, 5.41) is 40.3. The van der Waals surface area contributed by atoms with Gasteiger partial charge in [-0.15, -0.1) is 0 Å². The summed E-state index contributed by atoms with van der Waals surface area (Å²) in [5.41, 5.74) is -0.148. The van der Waals surface area contributed by atoms with Crippen LogP contribution in [0.5, 0.6) is 5.75 Å². The fourth-order valence-electron chi connectivity index (χ4n) is 7.52. The minimum Gasteiger partial charge on any atom is -0.484 e. The first kappa shape index (κ1) is 50.5. The summed E-state index contributed by atoms with van der Waals surface area (Å²) in [6.07, 6.45) is 3.94. The van der Waals surface area contributed by atoms with Crippen LogP contribution >= 0.6 is 0 Å². The lowest BCUT2D eigenvalue weighted by Gasteiger charge is -2.30. The molecule has 22 nitrogen and oxygen atoms in total. The minimum atomic E-state index is -0.989. The van der Waals surface area contributed by atoms with E-state index < -0.39 is 29.4 Å². The topological polar surface area (TPSA) is 278 Å². The summed E-state index contributed by atoms with van der Waals surface area (Å²) in [6, 6.07) is 8.28. The molecule has 3 aliphatic rings. The molecule has 2 aromatic rings. The number of likely N-dealkylation sites (tertiary alicyclic amines) is 1. The van der Waals surface area contributed by atoms with Gasteiger partial charge in [0.2, 0.25) is 11.8 Å². The third-order valence-electron chi connectivity index (χ3n) is 11.1. The molecule has 5 rings (SSSR count). The fraction of sp³-hybridized carbons (Fsp3) is 0.628. The first-order valence-corrected chi connectivity index (χ1v) is 22.1. The quantitative estimate of drug-likeness (QED) is 0.0644. The molecular weight excluding hydrogens is 849 g/mol. The number of hydrogen-bond acceptors (Lipinski definition) is 16. The van der Waals surface area contributed by atoms with Gasteiger partial charge in [-0.05, 0) is 43.9 Å². The summed E-state index contributed by atoms with van der Waals surface area (Å²) >= 11 is 0. The van der Waals surface area contributed by atoms with E-state index in [1.165, 1.54) is 6.20 Å². The number of carbonyl (C=O) groups excluding carboxylic acids is 4. The second-order valence-corrected chi connectivity index (χ2v) is 16.1. The fourth-order valence-corrected chi connectivity index (χ4v) is 7.52. The largest absolute Gasteiger partial charge is 0.484 e. The van der Waals surface area contributed by atoms with E-state index in [1.807, 2.05) is 4.90 Å². The number of carboxylic acid groups (broad SMARTS) is 2. The Bertz CT molecular complexity index is 1960. The van der Waals surface area contributed by atoms with Gasteiger partial charge in [0.05, 0.1) is 76.4 Å². The number of pyridine rings is 1. The SMILES string of the molecule is N#CC1CCCN1C(=O)C1(NC(=O)c2ccnc3cc(OCC(=O)NCCOCCOCCOCCNC(=O)CN4CCNCCN(CC(=O)O)CCN(CC(=O)O)CC4)ccc23)CC1. The first-order chi connectivity index (χ1) is 31.5. The highest BCUT2D eigenvalue weighted by Gasteiger charge is 2.54. The van der Waals surface area contributed by atoms with Crippen molar-refractivity contribution in [3.63, 3.8) is 0 Å². The van der Waals surface area contributed by atoms with E-state index in [4.69, 9.17) is 18.9 Å². The molecule has 3 heterocycles. The van der Waals surface area contributed by atoms with Crippen LogP contribution in [-0.4, -0.2) is 220 Å². The monoisotopic (exact) mass is 910 g/mol. The van der Waals surface area contributed by atoms with Crippen LogP contribution in [-0.2, 0) is 38.2 Å². The van der Waals surface area contributed by atoms with Crippen LogP contribution in [0.15, 0.2) is 30.5 Å². The van der Waals surface area contributed by atoms with Gasteiger partial charge in [-0.25, -0.2) is 0 Å². The number of rotatable bonds is 24. The molecule has 1 aromatic heterocycles. The molecule has 1 aliphatic carbocycles. The van der Waals surface area contributed by atoms with Gasteiger partial charge >= 0.3 is 11.9 Å². The number of nitrogens with zero attached hydrogens (tertiary/aromatic N) is 6. The standard InChI is InChI=1S/C43H62N10O12/c44-27-32-2-1-13-53(32)42(61)43(6-7-43)49-41(60)35-5-8-46-36-26-33(3-4-34(35)36)65-31-38(55)48-12-21-63-23-25-64-24-22-62-20-11-47-37(54)28-50-14-9-45-10-15-51(29-39(56)57)17-19-52(18-16-50)30-40(58)59/h3-5,8,26,32,45H,1-2,6-7,9-25,28-31H2,(H,47,54)(H,48,55)(H,49,60)(H,56,57)(H,58,59). The van der Waals surface area contributed by atoms with Crippen molar-refractivity contribution in [2.24, 2.45) is 0 Å². The third-order valence-corrected chi connectivity index (χ3v) is 11.1. The number of ether oxygens (including phenoxy) is 4. The molecule has 356 valence electrons. The molecule has 4 amide bonds. The van der Waals surface area contributed by atoms with Gasteiger partial charge in [-0.1, -0.05) is 0 Å². The molecule has 65 heavy (non-hydrogen) atoms. The van der Waals surface area contributed by atoms with Gasteiger partial charge in [0.15, 0.2) is 6.61 Å². The van der Waals surface area contributed by atoms with Gasteiger partial charge in [0, 0.05) is 89.6 Å². The first-order valence-electron chi connectivity index (χ1n) is 22.1. The summed E-state index contributed by atoms with van der Waals surface area (Å²) in [7, 11) is 0. The van der Waals surface area contributed by atoms with Crippen molar-refractivity contribution in [2.75, 3.05) is 138 Å². The zero-order chi connectivity index (χ0) is 46.4. The normalized spacial score (nSPS) is 18.4. The van der Waals surface area contributed by atoms with Gasteiger partial charge in [-0.2, -0.15) is 5.26 Å². The molecule has 0 radical (unpaired) electrons. The van der Waals surface area contributed by atoms with E-state index in [-0.39, 0.29) is 57.1 Å². The number of benzene rings is 1. The maximum absolute atomic E-state index is 13.4. The maximum atomic E-state index is 13.4. The van der Waals surface area contributed by atoms with Crippen molar-refractivity contribution in [1.29, 1.82) is 5.26 Å². The Balaban J connectivity index is 0.873. The number of aromatic nitrogens is 1. The number of carbonyl (C=O) groups is 6. The number of carboxylic acids is 2. The molecule has 2 aliphatic heterocycles. The molecule has 1 unspecified atom stereocenters. The Hall–Kier alpha value is -5.54. The zero-order valence-electron chi connectivity index (χ0n) is 36.8. The zero-order valence-corrected chi connectivity index (χ0v) is 36.8. The van der Waals surface area contributed by atoms with Gasteiger partial charge in [0.1, 0.15) is 17.3 Å². The summed E-state index contributed by atoms with van der Waals surface area (Å²) in [5.74, 6) is -2.64. The number of aliphatic carboxylic acids is 2. The Labute approximate surface area is 377 Å². The highest BCUT2D eigenvalue weighted by atomic mass is 16.5. The number of fused-ring (bicyclic) bond motifs is 1. The van der Waals surface area contributed by atoms with Gasteiger partial charge in [-0.3, -0.25) is 48.5 Å². The Morgan fingerprint density at radius 1 is 0.769 bits per heavy atom. The lowest BCUT2D eigenvalue weighted by Crippen LogP contribution is -2.51. The Kier molecular flexibility index (Phi) is 20.5. The van der Waals surface area contributed by atoms with Crippen LogP contribution in [0.4, 0.5) is 0 Å². The molecule has 0 spiro atoms. The molecule has 1 atom stereocenters. The van der Waals surface area contributed by atoms with Crippen molar-refractivity contribution in [1.82, 2.24) is 45.9 Å². The van der Waals surface area contributed by atoms with Crippen molar-refractivity contribution < 1.29 is 57.9 Å². The average molecular weight is 911 g/mol. The van der Waals surface area contributed by atoms with Gasteiger partial charge < -0.3 is 55.3 Å². The van der Waals surface area contributed by atoms with E-state index in [1.54, 1.807) is 39.0 Å². The molecular formula is C43H62N10O12. The lowest BCUT2D eigenvalue weighted by molar-refractivity contribution is -0.140. The number of nitrogens with one attached hydrogen (secondary N) is 4. The predicted octanol–water partition coefficient (Wildman–Crippen LogP) is -1.65. The van der Waals surface area contributed by atoms with Crippen LogP contribution in [0.25, 0.3) is 10.9 Å².